The van der Waals surface area contributed by atoms with E-state index in [2.05, 4.69) is 0 Å². The van der Waals surface area contributed by atoms with Gasteiger partial charge in [0.2, 0.25) is 6.29 Å². The Bertz CT molecular complexity index is 1450. The zero-order valence-corrected chi connectivity index (χ0v) is 21.4. The molecule has 1 aliphatic rings. The van der Waals surface area contributed by atoms with E-state index in [1.54, 1.807) is 37.5 Å². The van der Waals surface area contributed by atoms with Crippen molar-refractivity contribution < 1.29 is 19.7 Å². The van der Waals surface area contributed by atoms with Gasteiger partial charge in [-0.15, -0.1) is 11.3 Å². The molecule has 6 heteroatoms. The lowest BCUT2D eigenvalue weighted by atomic mass is 9.83. The fourth-order valence-corrected chi connectivity index (χ4v) is 5.55. The summed E-state index contributed by atoms with van der Waals surface area (Å²) in [4.78, 5) is 1.91. The second-order valence-electron chi connectivity index (χ2n) is 8.92. The van der Waals surface area contributed by atoms with E-state index in [0.29, 0.717) is 21.7 Å². The quantitative estimate of drug-likeness (QED) is 0.275. The molecule has 0 radical (unpaired) electrons. The van der Waals surface area contributed by atoms with Crippen LogP contribution < -0.4 is 4.74 Å². The molecule has 36 heavy (non-hydrogen) atoms. The molecule has 2 N–H and O–H groups in total. The second-order valence-corrected chi connectivity index (χ2v) is 10.4. The lowest BCUT2D eigenvalue weighted by Gasteiger charge is -2.33. The summed E-state index contributed by atoms with van der Waals surface area (Å²) in [7, 11) is 0. The molecule has 0 saturated carbocycles. The largest absolute Gasteiger partial charge is 0.468 e. The molecule has 0 aliphatic carbocycles. The molecule has 0 spiro atoms. The summed E-state index contributed by atoms with van der Waals surface area (Å²) in [5.41, 5.74) is 2.09. The summed E-state index contributed by atoms with van der Waals surface area (Å²) >= 11 is 8.16. The van der Waals surface area contributed by atoms with Crippen LogP contribution >= 0.6 is 22.9 Å². The highest BCUT2D eigenvalue weighted by Gasteiger charge is 2.36. The van der Waals surface area contributed by atoms with Gasteiger partial charge >= 0.3 is 0 Å². The molecular weight excluding hydrogens is 492 g/mol. The highest BCUT2D eigenvalue weighted by Crippen LogP contribution is 2.47. The van der Waals surface area contributed by atoms with Crippen molar-refractivity contribution in [2.24, 2.45) is 0 Å². The number of aliphatic hydroxyl groups is 2. The number of para-hydroxylation sites is 2. The van der Waals surface area contributed by atoms with Crippen LogP contribution in [-0.2, 0) is 4.74 Å². The zero-order chi connectivity index (χ0) is 25.3. The smallest absolute Gasteiger partial charge is 0.223 e. The molecule has 0 saturated heterocycles. The maximum atomic E-state index is 11.0. The maximum Gasteiger partial charge on any atom is 0.223 e. The van der Waals surface area contributed by atoms with Gasteiger partial charge in [-0.3, -0.25) is 0 Å². The molecule has 0 fully saturated rings. The van der Waals surface area contributed by atoms with E-state index >= 15 is 0 Å². The number of thiophene rings is 1. The van der Waals surface area contributed by atoms with Gasteiger partial charge in [0.05, 0.1) is 11.9 Å². The first-order chi connectivity index (χ1) is 17.3. The number of rotatable bonds is 6. The van der Waals surface area contributed by atoms with Crippen molar-refractivity contribution in [1.29, 1.82) is 0 Å². The first-order valence-electron chi connectivity index (χ1n) is 11.5. The van der Waals surface area contributed by atoms with Crippen molar-refractivity contribution in [3.8, 4) is 21.9 Å². The number of aliphatic hydroxyl groups excluding tert-OH is 1. The van der Waals surface area contributed by atoms with Crippen molar-refractivity contribution in [2.45, 2.75) is 25.7 Å². The van der Waals surface area contributed by atoms with E-state index in [-0.39, 0.29) is 0 Å². The Hall–Kier alpha value is -3.35. The molecular formula is C30H25ClO4S. The third kappa shape index (κ3) is 4.84. The van der Waals surface area contributed by atoms with Crippen molar-refractivity contribution >= 4 is 34.1 Å². The Kier molecular flexibility index (Phi) is 6.73. The van der Waals surface area contributed by atoms with Crippen molar-refractivity contribution in [1.82, 2.24) is 0 Å². The van der Waals surface area contributed by atoms with Crippen LogP contribution in [0.1, 0.15) is 24.3 Å². The molecule has 1 unspecified atom stereocenters. The first-order valence-corrected chi connectivity index (χ1v) is 12.7. The fourth-order valence-electron chi connectivity index (χ4n) is 4.27. The summed E-state index contributed by atoms with van der Waals surface area (Å²) < 4.78 is 11.8. The van der Waals surface area contributed by atoms with E-state index in [1.165, 1.54) is 0 Å². The van der Waals surface area contributed by atoms with E-state index < -0.39 is 11.9 Å². The normalized spacial score (nSPS) is 15.9. The average molecular weight is 517 g/mol. The van der Waals surface area contributed by atoms with Gasteiger partial charge in [0, 0.05) is 42.6 Å². The molecule has 182 valence electrons. The van der Waals surface area contributed by atoms with E-state index in [9.17, 15) is 10.2 Å². The number of hydrogen-bond acceptors (Lipinski definition) is 5. The summed E-state index contributed by atoms with van der Waals surface area (Å²) in [5, 5.41) is 22.2. The predicted octanol–water partition coefficient (Wildman–Crippen LogP) is 7.78. The molecule has 4 nitrogen and oxygen atoms in total. The molecule has 5 rings (SSSR count). The number of hydrogen-bond donors (Lipinski definition) is 2. The third-order valence-electron chi connectivity index (χ3n) is 5.90. The van der Waals surface area contributed by atoms with Crippen LogP contribution in [0.3, 0.4) is 0 Å². The highest BCUT2D eigenvalue weighted by atomic mass is 35.5. The Labute approximate surface area is 219 Å². The summed E-state index contributed by atoms with van der Waals surface area (Å²) in [6.07, 6.45) is 0.250. The van der Waals surface area contributed by atoms with Gasteiger partial charge in [-0.05, 0) is 56.3 Å². The minimum absolute atomic E-state index is 0.357. The molecule has 4 aromatic rings. The molecule has 2 heterocycles. The zero-order valence-electron chi connectivity index (χ0n) is 19.8. The average Bonchev–Trinajstić information content (AvgIpc) is 3.34. The van der Waals surface area contributed by atoms with Crippen LogP contribution in [0.15, 0.2) is 103 Å². The van der Waals surface area contributed by atoms with Gasteiger partial charge in [0.1, 0.15) is 11.5 Å². The predicted molar refractivity (Wildman–Crippen MR) is 146 cm³/mol. The molecule has 0 amide bonds. The van der Waals surface area contributed by atoms with Gasteiger partial charge in [-0.1, -0.05) is 60.1 Å². The second kappa shape index (κ2) is 9.96. The van der Waals surface area contributed by atoms with Gasteiger partial charge in [0.25, 0.3) is 0 Å². The lowest BCUT2D eigenvalue weighted by Crippen LogP contribution is -2.34. The monoisotopic (exact) mass is 516 g/mol. The molecule has 0 bridgehead atoms. The van der Waals surface area contributed by atoms with Gasteiger partial charge in [-0.2, -0.15) is 0 Å². The Morgan fingerprint density at radius 1 is 0.833 bits per heavy atom. The molecule has 1 aromatic heterocycles. The number of benzene rings is 3. The summed E-state index contributed by atoms with van der Waals surface area (Å²) in [6.45, 7) is 3.26. The summed E-state index contributed by atoms with van der Waals surface area (Å²) in [5.74, 6) is 1.51. The van der Waals surface area contributed by atoms with Crippen molar-refractivity contribution in [3.05, 3.63) is 118 Å². The molecule has 1 aliphatic heterocycles. The Morgan fingerprint density at radius 2 is 1.47 bits per heavy atom. The lowest BCUT2D eigenvalue weighted by molar-refractivity contribution is -0.0489. The Balaban J connectivity index is 1.60. The molecule has 1 atom stereocenters. The maximum absolute atomic E-state index is 11.0. The third-order valence-corrected chi connectivity index (χ3v) is 7.38. The van der Waals surface area contributed by atoms with Crippen molar-refractivity contribution in [2.75, 3.05) is 0 Å². The van der Waals surface area contributed by atoms with Gasteiger partial charge in [-0.25, -0.2) is 0 Å². The van der Waals surface area contributed by atoms with Crippen LogP contribution in [0.2, 0.25) is 5.02 Å². The van der Waals surface area contributed by atoms with E-state index in [4.69, 9.17) is 21.1 Å². The van der Waals surface area contributed by atoms with Crippen LogP contribution in [0.4, 0.5) is 0 Å². The minimum Gasteiger partial charge on any atom is -0.468 e. The minimum atomic E-state index is -1.34. The molecule has 3 aromatic carbocycles. The Morgan fingerprint density at radius 3 is 2.19 bits per heavy atom. The number of allylic oxidation sites excluding steroid dienone is 2. The standard InChI is InChI=1S/C30H25ClO4S/c1-30(2,33)28-27(20-12-6-8-14-23(20)31)22(18-34-29(28)32)26-17-16-25(36-26)21-13-7-9-15-24(21)35-19-10-4-3-5-11-19/h3-18,29,32-33H,1-2H3. The van der Waals surface area contributed by atoms with E-state index in [0.717, 1.165) is 32.4 Å². The van der Waals surface area contributed by atoms with Crippen molar-refractivity contribution in [3.63, 3.8) is 0 Å². The van der Waals surface area contributed by atoms with Gasteiger partial charge in [0.15, 0.2) is 0 Å². The highest BCUT2D eigenvalue weighted by molar-refractivity contribution is 7.16. The topological polar surface area (TPSA) is 58.9 Å². The number of ether oxygens (including phenoxy) is 2. The summed E-state index contributed by atoms with van der Waals surface area (Å²) in [6, 6.07) is 29.0. The van der Waals surface area contributed by atoms with Crippen LogP contribution in [0.25, 0.3) is 21.6 Å². The number of halogens is 1. The first kappa shape index (κ1) is 24.3. The van der Waals surface area contributed by atoms with Crippen LogP contribution in [0, 0.1) is 0 Å². The van der Waals surface area contributed by atoms with E-state index in [1.807, 2.05) is 84.9 Å². The van der Waals surface area contributed by atoms with Crippen LogP contribution in [0.5, 0.6) is 11.5 Å². The SMILES string of the molecule is CC(C)(O)C1=C(c2ccccc2Cl)C(c2ccc(-c3ccccc3Oc3ccccc3)s2)=COC1O. The fraction of sp³-hybridized carbons (Fsp3) is 0.133. The van der Waals surface area contributed by atoms with Gasteiger partial charge < -0.3 is 19.7 Å². The van der Waals surface area contributed by atoms with Crippen LogP contribution in [-0.4, -0.2) is 22.1 Å².